The average Bonchev–Trinajstić information content (AvgIpc) is 2.66. The van der Waals surface area contributed by atoms with Gasteiger partial charge in [-0.05, 0) is 17.9 Å². The number of rotatable bonds is 4. The van der Waals surface area contributed by atoms with Crippen LogP contribution in [-0.4, -0.2) is 12.4 Å². The van der Waals surface area contributed by atoms with E-state index in [9.17, 15) is 4.79 Å². The zero-order valence-corrected chi connectivity index (χ0v) is 8.82. The molecule has 1 aliphatic rings. The van der Waals surface area contributed by atoms with Crippen LogP contribution >= 0.6 is 0 Å². The molecule has 0 saturated heterocycles. The first-order valence-corrected chi connectivity index (χ1v) is 5.48. The molecule has 0 bridgehead atoms. The normalized spacial score (nSPS) is 20.8. The minimum Gasteiger partial charge on any atom is -0.376 e. The zero-order valence-electron chi connectivity index (χ0n) is 8.82. The highest BCUT2D eigenvalue weighted by atomic mass is 16.5. The van der Waals surface area contributed by atoms with Crippen molar-refractivity contribution >= 4 is 5.78 Å². The van der Waals surface area contributed by atoms with Gasteiger partial charge in [-0.15, -0.1) is 0 Å². The summed E-state index contributed by atoms with van der Waals surface area (Å²) in [5.41, 5.74) is 1.20. The Morgan fingerprint density at radius 3 is 2.73 bits per heavy atom. The fraction of sp³-hybridized carbons (Fsp3) is 0.462. The number of hydrogen-bond donors (Lipinski definition) is 0. The molecular weight excluding hydrogens is 188 g/mol. The van der Waals surface area contributed by atoms with Crippen molar-refractivity contribution in [1.82, 2.24) is 0 Å². The third kappa shape index (κ3) is 3.17. The lowest BCUT2D eigenvalue weighted by Crippen LogP contribution is -2.06. The van der Waals surface area contributed by atoms with E-state index < -0.39 is 0 Å². The Hall–Kier alpha value is -1.15. The molecule has 0 spiro atoms. The number of benzene rings is 1. The topological polar surface area (TPSA) is 26.3 Å². The largest absolute Gasteiger partial charge is 0.376 e. The van der Waals surface area contributed by atoms with Crippen molar-refractivity contribution in [1.29, 1.82) is 0 Å². The molecule has 2 heteroatoms. The van der Waals surface area contributed by atoms with Crippen molar-refractivity contribution in [2.45, 2.75) is 25.9 Å². The van der Waals surface area contributed by atoms with E-state index in [0.717, 1.165) is 25.9 Å². The van der Waals surface area contributed by atoms with E-state index in [0.29, 0.717) is 18.3 Å². The second-order valence-corrected chi connectivity index (χ2v) is 4.15. The minimum absolute atomic E-state index is 0.392. The van der Waals surface area contributed by atoms with Crippen LogP contribution in [0, 0.1) is 5.92 Å². The number of Topliss-reactive ketones (excluding diaryl/α,β-unsaturated/α-hetero) is 1. The fourth-order valence-corrected chi connectivity index (χ4v) is 1.95. The van der Waals surface area contributed by atoms with Gasteiger partial charge in [-0.1, -0.05) is 30.3 Å². The first-order chi connectivity index (χ1) is 7.34. The third-order valence-corrected chi connectivity index (χ3v) is 2.81. The summed E-state index contributed by atoms with van der Waals surface area (Å²) < 4.78 is 5.60. The van der Waals surface area contributed by atoms with E-state index in [-0.39, 0.29) is 0 Å². The Morgan fingerprint density at radius 1 is 1.27 bits per heavy atom. The molecule has 0 radical (unpaired) electrons. The van der Waals surface area contributed by atoms with Crippen molar-refractivity contribution in [3.05, 3.63) is 35.9 Å². The van der Waals surface area contributed by atoms with Crippen molar-refractivity contribution in [3.63, 3.8) is 0 Å². The van der Waals surface area contributed by atoms with E-state index in [1.54, 1.807) is 0 Å². The molecule has 0 aromatic heterocycles. The Morgan fingerprint density at radius 2 is 2.07 bits per heavy atom. The number of hydrogen-bond acceptors (Lipinski definition) is 2. The van der Waals surface area contributed by atoms with Gasteiger partial charge in [0.15, 0.2) is 0 Å². The van der Waals surface area contributed by atoms with Gasteiger partial charge in [0.25, 0.3) is 0 Å². The lowest BCUT2D eigenvalue weighted by molar-refractivity contribution is -0.117. The lowest BCUT2D eigenvalue weighted by atomic mass is 10.1. The molecule has 0 unspecified atom stereocenters. The smallest absolute Gasteiger partial charge is 0.133 e. The SMILES string of the molecule is O=C1CC[C@@H](COCc2ccccc2)C1. The molecule has 1 aromatic carbocycles. The Balaban J connectivity index is 1.69. The molecule has 2 rings (SSSR count). The summed E-state index contributed by atoms with van der Waals surface area (Å²) in [6.07, 6.45) is 2.47. The monoisotopic (exact) mass is 204 g/mol. The highest BCUT2D eigenvalue weighted by molar-refractivity contribution is 5.80. The molecule has 1 aromatic rings. The maximum absolute atomic E-state index is 11.0. The second-order valence-electron chi connectivity index (χ2n) is 4.15. The van der Waals surface area contributed by atoms with E-state index in [2.05, 4.69) is 12.1 Å². The van der Waals surface area contributed by atoms with Crippen LogP contribution in [-0.2, 0) is 16.1 Å². The van der Waals surface area contributed by atoms with E-state index in [1.165, 1.54) is 5.56 Å². The predicted molar refractivity (Wildman–Crippen MR) is 58.4 cm³/mol. The lowest BCUT2D eigenvalue weighted by Gasteiger charge is -2.08. The summed E-state index contributed by atoms with van der Waals surface area (Å²) in [6, 6.07) is 10.1. The number of carbonyl (C=O) groups excluding carboxylic acids is 1. The van der Waals surface area contributed by atoms with Gasteiger partial charge in [-0.3, -0.25) is 4.79 Å². The van der Waals surface area contributed by atoms with Crippen LogP contribution in [0.15, 0.2) is 30.3 Å². The summed E-state index contributed by atoms with van der Waals surface area (Å²) in [5.74, 6) is 0.851. The quantitative estimate of drug-likeness (QED) is 0.753. The average molecular weight is 204 g/mol. The van der Waals surface area contributed by atoms with Gasteiger partial charge in [0.2, 0.25) is 0 Å². The standard InChI is InChI=1S/C13H16O2/c14-13-7-6-12(8-13)10-15-9-11-4-2-1-3-5-11/h1-5,12H,6-10H2/t12-/m1/s1. The number of ether oxygens (including phenoxy) is 1. The Kier molecular flexibility index (Phi) is 3.51. The van der Waals surface area contributed by atoms with Crippen LogP contribution in [0.25, 0.3) is 0 Å². The Labute approximate surface area is 90.3 Å². The van der Waals surface area contributed by atoms with Gasteiger partial charge in [-0.2, -0.15) is 0 Å². The maximum Gasteiger partial charge on any atom is 0.133 e. The minimum atomic E-state index is 0.392. The van der Waals surface area contributed by atoms with Crippen LogP contribution in [0.3, 0.4) is 0 Å². The molecular formula is C13H16O2. The summed E-state index contributed by atoms with van der Waals surface area (Å²) in [6.45, 7) is 1.38. The highest BCUT2D eigenvalue weighted by Crippen LogP contribution is 2.22. The van der Waals surface area contributed by atoms with E-state index in [1.807, 2.05) is 18.2 Å². The van der Waals surface area contributed by atoms with Gasteiger partial charge in [0.1, 0.15) is 5.78 Å². The van der Waals surface area contributed by atoms with Crippen LogP contribution in [0.1, 0.15) is 24.8 Å². The van der Waals surface area contributed by atoms with Gasteiger partial charge in [-0.25, -0.2) is 0 Å². The molecule has 0 amide bonds. The summed E-state index contributed by atoms with van der Waals surface area (Å²) in [5, 5.41) is 0. The number of ketones is 1. The molecule has 1 fully saturated rings. The zero-order chi connectivity index (χ0) is 10.5. The van der Waals surface area contributed by atoms with Gasteiger partial charge in [0.05, 0.1) is 13.2 Å². The van der Waals surface area contributed by atoms with Gasteiger partial charge < -0.3 is 4.74 Å². The van der Waals surface area contributed by atoms with Crippen LogP contribution in [0.2, 0.25) is 0 Å². The van der Waals surface area contributed by atoms with Crippen LogP contribution in [0.4, 0.5) is 0 Å². The molecule has 1 aliphatic carbocycles. The van der Waals surface area contributed by atoms with Crippen LogP contribution < -0.4 is 0 Å². The van der Waals surface area contributed by atoms with Crippen LogP contribution in [0.5, 0.6) is 0 Å². The Bertz CT molecular complexity index is 319. The summed E-state index contributed by atoms with van der Waals surface area (Å²) in [4.78, 5) is 11.0. The molecule has 80 valence electrons. The number of carbonyl (C=O) groups is 1. The van der Waals surface area contributed by atoms with Crippen molar-refractivity contribution in [3.8, 4) is 0 Å². The fourth-order valence-electron chi connectivity index (χ4n) is 1.95. The molecule has 0 heterocycles. The highest BCUT2D eigenvalue weighted by Gasteiger charge is 2.21. The van der Waals surface area contributed by atoms with Gasteiger partial charge in [0, 0.05) is 12.8 Å². The molecule has 15 heavy (non-hydrogen) atoms. The summed E-state index contributed by atoms with van der Waals surface area (Å²) in [7, 11) is 0. The maximum atomic E-state index is 11.0. The molecule has 0 N–H and O–H groups in total. The van der Waals surface area contributed by atoms with Crippen molar-refractivity contribution in [2.75, 3.05) is 6.61 Å². The van der Waals surface area contributed by atoms with E-state index >= 15 is 0 Å². The first-order valence-electron chi connectivity index (χ1n) is 5.48. The van der Waals surface area contributed by atoms with Crippen molar-refractivity contribution in [2.24, 2.45) is 5.92 Å². The van der Waals surface area contributed by atoms with Gasteiger partial charge >= 0.3 is 0 Å². The molecule has 1 atom stereocenters. The molecule has 2 nitrogen and oxygen atoms in total. The predicted octanol–water partition coefficient (Wildman–Crippen LogP) is 2.57. The second kappa shape index (κ2) is 5.08. The molecule has 1 saturated carbocycles. The summed E-state index contributed by atoms with van der Waals surface area (Å²) >= 11 is 0. The third-order valence-electron chi connectivity index (χ3n) is 2.81. The van der Waals surface area contributed by atoms with E-state index in [4.69, 9.17) is 4.74 Å². The van der Waals surface area contributed by atoms with Crippen molar-refractivity contribution < 1.29 is 9.53 Å². The first kappa shape index (κ1) is 10.4. The molecule has 0 aliphatic heterocycles.